The number of nitrogens with one attached hydrogen (secondary N) is 2. The van der Waals surface area contributed by atoms with Gasteiger partial charge in [0.2, 0.25) is 0 Å². The molecule has 0 unspecified atom stereocenters. The molecule has 2 aromatic carbocycles. The minimum atomic E-state index is -0.204. The van der Waals surface area contributed by atoms with Crippen molar-refractivity contribution in [2.75, 3.05) is 10.6 Å². The Morgan fingerprint density at radius 1 is 0.933 bits per heavy atom. The third kappa shape index (κ3) is 4.15. The molecule has 0 saturated carbocycles. The second kappa shape index (κ2) is 8.33. The van der Waals surface area contributed by atoms with Gasteiger partial charge in [0.05, 0.1) is 5.56 Å². The SMILES string of the molecule is Cc1cc(NC(=O)c2cccnc2Nc2ccc3ccncc3c2)ccc1C(C)C. The molecule has 4 rings (SSSR count). The van der Waals surface area contributed by atoms with Gasteiger partial charge in [0.15, 0.2) is 0 Å². The molecule has 2 aromatic heterocycles. The Morgan fingerprint density at radius 3 is 2.57 bits per heavy atom. The topological polar surface area (TPSA) is 66.9 Å². The average Bonchev–Trinajstić information content (AvgIpc) is 2.74. The highest BCUT2D eigenvalue weighted by atomic mass is 16.1. The molecule has 0 aliphatic carbocycles. The Hall–Kier alpha value is -3.73. The molecule has 0 spiro atoms. The predicted molar refractivity (Wildman–Crippen MR) is 122 cm³/mol. The van der Waals surface area contributed by atoms with Gasteiger partial charge in [0, 0.05) is 35.4 Å². The lowest BCUT2D eigenvalue weighted by Crippen LogP contribution is -2.15. The van der Waals surface area contributed by atoms with Gasteiger partial charge >= 0.3 is 0 Å². The van der Waals surface area contributed by atoms with Gasteiger partial charge in [-0.3, -0.25) is 9.78 Å². The van der Waals surface area contributed by atoms with Crippen LogP contribution in [0.1, 0.15) is 41.3 Å². The van der Waals surface area contributed by atoms with Crippen molar-refractivity contribution in [2.45, 2.75) is 26.7 Å². The van der Waals surface area contributed by atoms with Crippen LogP contribution in [0, 0.1) is 6.92 Å². The van der Waals surface area contributed by atoms with E-state index in [4.69, 9.17) is 0 Å². The van der Waals surface area contributed by atoms with E-state index in [2.05, 4.69) is 47.4 Å². The Morgan fingerprint density at radius 2 is 1.77 bits per heavy atom. The number of aryl methyl sites for hydroxylation is 1. The zero-order valence-electron chi connectivity index (χ0n) is 17.3. The standard InChI is InChI=1S/C25H24N4O/c1-16(2)22-9-8-20(13-17(22)3)29-25(30)23-5-4-11-27-24(23)28-21-7-6-18-10-12-26-15-19(18)14-21/h4-16H,1-3H3,(H,27,28)(H,29,30). The maximum atomic E-state index is 13.0. The molecule has 0 bridgehead atoms. The first-order valence-corrected chi connectivity index (χ1v) is 9.99. The number of carbonyl (C=O) groups excluding carboxylic acids is 1. The van der Waals surface area contributed by atoms with Gasteiger partial charge in [0.1, 0.15) is 5.82 Å². The van der Waals surface area contributed by atoms with Crippen molar-refractivity contribution in [1.82, 2.24) is 9.97 Å². The van der Waals surface area contributed by atoms with E-state index in [1.54, 1.807) is 24.5 Å². The molecule has 0 saturated heterocycles. The van der Waals surface area contributed by atoms with Crippen molar-refractivity contribution >= 4 is 33.9 Å². The number of aromatic nitrogens is 2. The summed E-state index contributed by atoms with van der Waals surface area (Å²) >= 11 is 0. The molecule has 0 fully saturated rings. The van der Waals surface area contributed by atoms with Crippen molar-refractivity contribution < 1.29 is 4.79 Å². The van der Waals surface area contributed by atoms with Crippen LogP contribution >= 0.6 is 0 Å². The molecule has 0 radical (unpaired) electrons. The Kier molecular flexibility index (Phi) is 5.44. The lowest BCUT2D eigenvalue weighted by Gasteiger charge is -2.14. The summed E-state index contributed by atoms with van der Waals surface area (Å²) < 4.78 is 0. The molecule has 1 amide bonds. The monoisotopic (exact) mass is 396 g/mol. The van der Waals surface area contributed by atoms with E-state index in [9.17, 15) is 4.79 Å². The molecule has 30 heavy (non-hydrogen) atoms. The number of fused-ring (bicyclic) bond motifs is 1. The van der Waals surface area contributed by atoms with Crippen LogP contribution in [-0.4, -0.2) is 15.9 Å². The maximum Gasteiger partial charge on any atom is 0.259 e. The van der Waals surface area contributed by atoms with Crippen LogP contribution in [0.25, 0.3) is 10.8 Å². The molecule has 5 heteroatoms. The fraction of sp³-hybridized carbons (Fsp3) is 0.160. The first-order valence-electron chi connectivity index (χ1n) is 9.99. The van der Waals surface area contributed by atoms with Crippen LogP contribution in [0.5, 0.6) is 0 Å². The smallest absolute Gasteiger partial charge is 0.259 e. The van der Waals surface area contributed by atoms with E-state index >= 15 is 0 Å². The fourth-order valence-corrected chi connectivity index (χ4v) is 3.59. The van der Waals surface area contributed by atoms with Crippen LogP contribution < -0.4 is 10.6 Å². The van der Waals surface area contributed by atoms with Crippen LogP contribution in [-0.2, 0) is 0 Å². The number of pyridine rings is 2. The van der Waals surface area contributed by atoms with E-state index in [1.165, 1.54) is 5.56 Å². The molecule has 2 heterocycles. The minimum Gasteiger partial charge on any atom is -0.340 e. The second-order valence-electron chi connectivity index (χ2n) is 7.64. The summed E-state index contributed by atoms with van der Waals surface area (Å²) in [5, 5.41) is 8.38. The second-order valence-corrected chi connectivity index (χ2v) is 7.64. The van der Waals surface area contributed by atoms with Crippen molar-refractivity contribution in [1.29, 1.82) is 0 Å². The number of hydrogen-bond donors (Lipinski definition) is 2. The van der Waals surface area contributed by atoms with E-state index in [1.807, 2.05) is 42.6 Å². The molecule has 0 atom stereocenters. The van der Waals surface area contributed by atoms with Crippen LogP contribution in [0.15, 0.2) is 73.2 Å². The van der Waals surface area contributed by atoms with Crippen molar-refractivity contribution in [3.63, 3.8) is 0 Å². The number of nitrogens with zero attached hydrogens (tertiary/aromatic N) is 2. The third-order valence-electron chi connectivity index (χ3n) is 5.11. The quantitative estimate of drug-likeness (QED) is 0.430. The van der Waals surface area contributed by atoms with Crippen LogP contribution in [0.4, 0.5) is 17.2 Å². The first-order chi connectivity index (χ1) is 14.5. The molecular formula is C25H24N4O. The van der Waals surface area contributed by atoms with Crippen molar-refractivity contribution in [3.8, 4) is 0 Å². The lowest BCUT2D eigenvalue weighted by atomic mass is 9.97. The molecular weight excluding hydrogens is 372 g/mol. The average molecular weight is 396 g/mol. The first kappa shape index (κ1) is 19.6. The highest BCUT2D eigenvalue weighted by molar-refractivity contribution is 6.08. The number of anilines is 3. The Labute approximate surface area is 176 Å². The Bertz CT molecular complexity index is 1220. The zero-order valence-corrected chi connectivity index (χ0v) is 17.3. The minimum absolute atomic E-state index is 0.204. The van der Waals surface area contributed by atoms with E-state index in [0.29, 0.717) is 17.3 Å². The van der Waals surface area contributed by atoms with Crippen LogP contribution in [0.3, 0.4) is 0 Å². The molecule has 0 aliphatic heterocycles. The molecule has 5 nitrogen and oxygen atoms in total. The molecule has 150 valence electrons. The summed E-state index contributed by atoms with van der Waals surface area (Å²) in [7, 11) is 0. The lowest BCUT2D eigenvalue weighted by molar-refractivity contribution is 0.102. The number of amides is 1. The largest absolute Gasteiger partial charge is 0.340 e. The number of carbonyl (C=O) groups is 1. The van der Waals surface area contributed by atoms with E-state index in [0.717, 1.165) is 27.7 Å². The highest BCUT2D eigenvalue weighted by Crippen LogP contribution is 2.25. The van der Waals surface area contributed by atoms with E-state index in [-0.39, 0.29) is 5.91 Å². The van der Waals surface area contributed by atoms with E-state index < -0.39 is 0 Å². The normalized spacial score (nSPS) is 10.9. The summed E-state index contributed by atoms with van der Waals surface area (Å²) in [5.41, 5.74) is 4.54. The maximum absolute atomic E-state index is 13.0. The van der Waals surface area contributed by atoms with Gasteiger partial charge in [-0.05, 0) is 71.8 Å². The van der Waals surface area contributed by atoms with Gasteiger partial charge in [-0.1, -0.05) is 26.0 Å². The molecule has 2 N–H and O–H groups in total. The van der Waals surface area contributed by atoms with Crippen molar-refractivity contribution in [3.05, 3.63) is 89.9 Å². The summed E-state index contributed by atoms with van der Waals surface area (Å²) in [6, 6.07) is 17.5. The third-order valence-corrected chi connectivity index (χ3v) is 5.11. The van der Waals surface area contributed by atoms with Gasteiger partial charge in [-0.15, -0.1) is 0 Å². The summed E-state index contributed by atoms with van der Waals surface area (Å²) in [6.45, 7) is 6.39. The Balaban J connectivity index is 1.57. The molecule has 4 aromatic rings. The van der Waals surface area contributed by atoms with Gasteiger partial charge in [-0.25, -0.2) is 4.98 Å². The van der Waals surface area contributed by atoms with Gasteiger partial charge < -0.3 is 10.6 Å². The molecule has 0 aliphatic rings. The van der Waals surface area contributed by atoms with Gasteiger partial charge in [0.25, 0.3) is 5.91 Å². The summed E-state index contributed by atoms with van der Waals surface area (Å²) in [6.07, 6.45) is 5.26. The number of hydrogen-bond acceptors (Lipinski definition) is 4. The fourth-order valence-electron chi connectivity index (χ4n) is 3.59. The number of rotatable bonds is 5. The predicted octanol–water partition coefficient (Wildman–Crippen LogP) is 6.06. The number of benzene rings is 2. The van der Waals surface area contributed by atoms with Crippen molar-refractivity contribution in [2.24, 2.45) is 0 Å². The van der Waals surface area contributed by atoms with Gasteiger partial charge in [-0.2, -0.15) is 0 Å². The summed E-state index contributed by atoms with van der Waals surface area (Å²) in [5.74, 6) is 0.750. The summed E-state index contributed by atoms with van der Waals surface area (Å²) in [4.78, 5) is 21.5. The zero-order chi connectivity index (χ0) is 21.1. The van der Waals surface area contributed by atoms with Crippen LogP contribution in [0.2, 0.25) is 0 Å². The highest BCUT2D eigenvalue weighted by Gasteiger charge is 2.14.